The normalized spacial score (nSPS) is 10.8. The lowest BCUT2D eigenvalue weighted by atomic mass is 10.1. The van der Waals surface area contributed by atoms with Crippen LogP contribution < -0.4 is 5.32 Å². The highest BCUT2D eigenvalue weighted by molar-refractivity contribution is 14.1. The van der Waals surface area contributed by atoms with Crippen LogP contribution in [0.4, 0.5) is 5.69 Å². The lowest BCUT2D eigenvalue weighted by Gasteiger charge is -2.08. The number of aromatic nitrogens is 2. The van der Waals surface area contributed by atoms with Gasteiger partial charge < -0.3 is 10.3 Å². The minimum atomic E-state index is -0.165. The van der Waals surface area contributed by atoms with E-state index in [9.17, 15) is 4.79 Å². The number of carbonyl (C=O) groups is 1. The summed E-state index contributed by atoms with van der Waals surface area (Å²) >= 11 is 8.54. The average molecular weight is 474 g/mol. The fourth-order valence-electron chi connectivity index (χ4n) is 2.70. The van der Waals surface area contributed by atoms with Crippen LogP contribution in [0.15, 0.2) is 66.7 Å². The number of para-hydroxylation sites is 2. The molecule has 128 valence electrons. The van der Waals surface area contributed by atoms with E-state index in [1.54, 1.807) is 18.2 Å². The fourth-order valence-corrected chi connectivity index (χ4v) is 3.45. The van der Waals surface area contributed by atoms with E-state index in [2.05, 4.69) is 37.9 Å². The maximum absolute atomic E-state index is 12.5. The van der Waals surface area contributed by atoms with Gasteiger partial charge in [-0.05, 0) is 71.1 Å². The summed E-state index contributed by atoms with van der Waals surface area (Å²) in [5.41, 5.74) is 3.81. The summed E-state index contributed by atoms with van der Waals surface area (Å²) in [5, 5.41) is 3.48. The Hall–Kier alpha value is -2.38. The van der Waals surface area contributed by atoms with Gasteiger partial charge in [-0.25, -0.2) is 4.98 Å². The predicted molar refractivity (Wildman–Crippen MR) is 114 cm³/mol. The predicted octanol–water partition coefficient (Wildman–Crippen LogP) is 5.74. The highest BCUT2D eigenvalue weighted by Gasteiger charge is 2.12. The molecule has 3 aromatic carbocycles. The zero-order valence-corrected chi connectivity index (χ0v) is 16.4. The maximum atomic E-state index is 12.5. The van der Waals surface area contributed by atoms with Gasteiger partial charge >= 0.3 is 0 Å². The topological polar surface area (TPSA) is 57.8 Å². The van der Waals surface area contributed by atoms with Crippen molar-refractivity contribution in [2.45, 2.75) is 0 Å². The Kier molecular flexibility index (Phi) is 4.65. The van der Waals surface area contributed by atoms with Gasteiger partial charge in [0.25, 0.3) is 5.91 Å². The minimum absolute atomic E-state index is 0.165. The van der Waals surface area contributed by atoms with Crippen LogP contribution in [0.1, 0.15) is 10.4 Å². The molecule has 0 saturated heterocycles. The van der Waals surface area contributed by atoms with Gasteiger partial charge in [-0.3, -0.25) is 4.79 Å². The van der Waals surface area contributed by atoms with Gasteiger partial charge in [0.05, 0.1) is 16.1 Å². The third-order valence-corrected chi connectivity index (χ3v) is 4.96. The number of rotatable bonds is 3. The molecule has 4 aromatic rings. The molecule has 26 heavy (non-hydrogen) atoms. The molecule has 0 radical (unpaired) electrons. The van der Waals surface area contributed by atoms with E-state index in [0.29, 0.717) is 22.1 Å². The molecular formula is C20H13ClIN3O. The van der Waals surface area contributed by atoms with Gasteiger partial charge in [-0.15, -0.1) is 0 Å². The molecule has 0 aliphatic heterocycles. The van der Waals surface area contributed by atoms with Crippen molar-refractivity contribution in [1.82, 2.24) is 9.97 Å². The monoisotopic (exact) mass is 473 g/mol. The van der Waals surface area contributed by atoms with Gasteiger partial charge in [-0.1, -0.05) is 29.8 Å². The number of anilines is 1. The van der Waals surface area contributed by atoms with Gasteiger partial charge in [0.1, 0.15) is 5.82 Å². The minimum Gasteiger partial charge on any atom is -0.338 e. The molecule has 1 amide bonds. The first-order chi connectivity index (χ1) is 12.6. The quantitative estimate of drug-likeness (QED) is 0.373. The van der Waals surface area contributed by atoms with E-state index in [4.69, 9.17) is 11.6 Å². The molecule has 0 aliphatic carbocycles. The highest BCUT2D eigenvalue weighted by atomic mass is 127. The van der Waals surface area contributed by atoms with Crippen LogP contribution in [-0.2, 0) is 0 Å². The number of hydrogen-bond donors (Lipinski definition) is 2. The van der Waals surface area contributed by atoms with Crippen molar-refractivity contribution in [2.24, 2.45) is 0 Å². The Balaban J connectivity index is 1.67. The molecule has 0 fully saturated rings. The summed E-state index contributed by atoms with van der Waals surface area (Å²) in [6, 6.07) is 20.6. The van der Waals surface area contributed by atoms with Gasteiger partial charge in [0, 0.05) is 20.4 Å². The number of aromatic amines is 1. The molecule has 4 rings (SSSR count). The Morgan fingerprint density at radius 2 is 1.88 bits per heavy atom. The van der Waals surface area contributed by atoms with Crippen molar-refractivity contribution in [2.75, 3.05) is 5.32 Å². The van der Waals surface area contributed by atoms with E-state index in [1.807, 2.05) is 48.5 Å². The van der Waals surface area contributed by atoms with Gasteiger partial charge in [0.2, 0.25) is 0 Å². The number of carbonyl (C=O) groups excluding carboxylic acids is 1. The lowest BCUT2D eigenvalue weighted by Crippen LogP contribution is -2.12. The summed E-state index contributed by atoms with van der Waals surface area (Å²) in [6.07, 6.45) is 0. The molecule has 0 bridgehead atoms. The molecule has 0 atom stereocenters. The Bertz CT molecular complexity index is 1090. The lowest BCUT2D eigenvalue weighted by molar-refractivity contribution is 0.102. The van der Waals surface area contributed by atoms with Crippen LogP contribution in [0.5, 0.6) is 0 Å². The molecule has 2 N–H and O–H groups in total. The molecule has 4 nitrogen and oxygen atoms in total. The number of imidazole rings is 1. The number of nitrogens with one attached hydrogen (secondary N) is 2. The summed E-state index contributed by atoms with van der Waals surface area (Å²) in [7, 11) is 0. The van der Waals surface area contributed by atoms with Crippen LogP contribution in [0.25, 0.3) is 22.4 Å². The number of hydrogen-bond acceptors (Lipinski definition) is 2. The molecule has 0 saturated carbocycles. The third kappa shape index (κ3) is 3.45. The van der Waals surface area contributed by atoms with Crippen LogP contribution in [0.2, 0.25) is 5.02 Å². The molecule has 1 aromatic heterocycles. The molecule has 1 heterocycles. The fraction of sp³-hybridized carbons (Fsp3) is 0. The zero-order chi connectivity index (χ0) is 18.1. The van der Waals surface area contributed by atoms with Crippen LogP contribution >= 0.6 is 34.2 Å². The Morgan fingerprint density at radius 3 is 2.69 bits per heavy atom. The highest BCUT2D eigenvalue weighted by Crippen LogP contribution is 2.30. The van der Waals surface area contributed by atoms with Gasteiger partial charge in [0.15, 0.2) is 0 Å². The zero-order valence-electron chi connectivity index (χ0n) is 13.5. The molecule has 0 unspecified atom stereocenters. The van der Waals surface area contributed by atoms with Crippen LogP contribution in [0, 0.1) is 3.57 Å². The number of nitrogens with zero attached hydrogens (tertiary/aromatic N) is 1. The first kappa shape index (κ1) is 17.1. The van der Waals surface area contributed by atoms with E-state index in [0.717, 1.165) is 20.2 Å². The summed E-state index contributed by atoms with van der Waals surface area (Å²) in [4.78, 5) is 20.3. The van der Waals surface area contributed by atoms with E-state index in [1.165, 1.54) is 0 Å². The summed E-state index contributed by atoms with van der Waals surface area (Å²) in [6.45, 7) is 0. The van der Waals surface area contributed by atoms with Crippen molar-refractivity contribution in [3.8, 4) is 11.4 Å². The molecule has 0 spiro atoms. The van der Waals surface area contributed by atoms with Crippen LogP contribution in [-0.4, -0.2) is 15.9 Å². The van der Waals surface area contributed by atoms with E-state index in [-0.39, 0.29) is 5.91 Å². The number of benzene rings is 3. The SMILES string of the molecule is O=C(Nc1ccc(Cl)c(-c2nc3ccccc3[nH]2)c1)c1cccc(I)c1. The second-order valence-electron chi connectivity index (χ2n) is 5.76. The molecule has 0 aliphatic rings. The van der Waals surface area contributed by atoms with Crippen LogP contribution in [0.3, 0.4) is 0 Å². The van der Waals surface area contributed by atoms with Crippen molar-refractivity contribution in [3.63, 3.8) is 0 Å². The standard InChI is InChI=1S/C20H13ClIN3O/c21-16-9-8-14(23-20(26)12-4-3-5-13(22)10-12)11-15(16)19-24-17-6-1-2-7-18(17)25-19/h1-11H,(H,23,26)(H,24,25). The first-order valence-electron chi connectivity index (χ1n) is 7.92. The number of halogens is 2. The number of fused-ring (bicyclic) bond motifs is 1. The molecular weight excluding hydrogens is 461 g/mol. The Morgan fingerprint density at radius 1 is 1.04 bits per heavy atom. The largest absolute Gasteiger partial charge is 0.338 e. The average Bonchev–Trinajstić information content (AvgIpc) is 3.07. The van der Waals surface area contributed by atoms with E-state index < -0.39 is 0 Å². The first-order valence-corrected chi connectivity index (χ1v) is 9.37. The summed E-state index contributed by atoms with van der Waals surface area (Å²) < 4.78 is 1.01. The van der Waals surface area contributed by atoms with Crippen molar-refractivity contribution in [3.05, 3.63) is 80.9 Å². The molecule has 6 heteroatoms. The van der Waals surface area contributed by atoms with Crippen molar-refractivity contribution in [1.29, 1.82) is 0 Å². The maximum Gasteiger partial charge on any atom is 0.255 e. The third-order valence-electron chi connectivity index (χ3n) is 3.96. The number of amides is 1. The van der Waals surface area contributed by atoms with Crippen molar-refractivity contribution < 1.29 is 4.79 Å². The Labute approximate surface area is 168 Å². The summed E-state index contributed by atoms with van der Waals surface area (Å²) in [5.74, 6) is 0.503. The van der Waals surface area contributed by atoms with Crippen molar-refractivity contribution >= 4 is 56.8 Å². The smallest absolute Gasteiger partial charge is 0.255 e. The van der Waals surface area contributed by atoms with Gasteiger partial charge in [-0.2, -0.15) is 0 Å². The second kappa shape index (κ2) is 7.09. The number of H-pyrrole nitrogens is 1. The second-order valence-corrected chi connectivity index (χ2v) is 7.41. The van der Waals surface area contributed by atoms with E-state index >= 15 is 0 Å².